The molecule has 0 aliphatic heterocycles. The number of benzene rings is 1. The lowest BCUT2D eigenvalue weighted by Gasteiger charge is -2.11. The summed E-state index contributed by atoms with van der Waals surface area (Å²) in [6, 6.07) is 6.52. The van der Waals surface area contributed by atoms with Crippen molar-refractivity contribution in [3.05, 3.63) is 36.4 Å². The van der Waals surface area contributed by atoms with Crippen molar-refractivity contribution in [2.75, 3.05) is 5.75 Å². The number of carbonyl (C=O) groups is 1. The smallest absolute Gasteiger partial charge is 0.230 e. The molecule has 0 unspecified atom stereocenters. The van der Waals surface area contributed by atoms with Crippen LogP contribution in [0, 0.1) is 5.82 Å². The molecule has 1 aromatic carbocycles. The molecule has 0 aliphatic rings. The third kappa shape index (κ3) is 4.04. The third-order valence-corrected chi connectivity index (χ3v) is 3.92. The molecular formula is C14H17FN4OS. The Kier molecular flexibility index (Phi) is 5.32. The summed E-state index contributed by atoms with van der Waals surface area (Å²) in [4.78, 5) is 11.8. The van der Waals surface area contributed by atoms with E-state index in [1.165, 1.54) is 28.7 Å². The number of carbonyl (C=O) groups excluding carboxylic acids is 1. The SMILES string of the molecule is CC[C@H](C)NC(=O)CSc1nncn1-c1ccccc1F. The molecule has 0 fully saturated rings. The van der Waals surface area contributed by atoms with E-state index in [4.69, 9.17) is 0 Å². The molecule has 5 nitrogen and oxygen atoms in total. The molecular weight excluding hydrogens is 291 g/mol. The summed E-state index contributed by atoms with van der Waals surface area (Å²) in [7, 11) is 0. The number of halogens is 1. The average Bonchev–Trinajstić information content (AvgIpc) is 2.93. The number of rotatable bonds is 6. The monoisotopic (exact) mass is 308 g/mol. The Morgan fingerprint density at radius 3 is 2.95 bits per heavy atom. The predicted octanol–water partition coefficient (Wildman–Crippen LogP) is 2.41. The lowest BCUT2D eigenvalue weighted by Crippen LogP contribution is -2.33. The van der Waals surface area contributed by atoms with E-state index < -0.39 is 0 Å². The molecule has 7 heteroatoms. The molecule has 2 rings (SSSR count). The molecule has 0 saturated heterocycles. The highest BCUT2D eigenvalue weighted by molar-refractivity contribution is 7.99. The van der Waals surface area contributed by atoms with E-state index in [-0.39, 0.29) is 23.5 Å². The van der Waals surface area contributed by atoms with E-state index >= 15 is 0 Å². The molecule has 0 bridgehead atoms. The van der Waals surface area contributed by atoms with Crippen LogP contribution in [0.15, 0.2) is 35.7 Å². The van der Waals surface area contributed by atoms with E-state index in [9.17, 15) is 9.18 Å². The summed E-state index contributed by atoms with van der Waals surface area (Å²) in [5.74, 6) is -0.210. The normalized spacial score (nSPS) is 12.1. The number of nitrogens with zero attached hydrogens (tertiary/aromatic N) is 3. The van der Waals surface area contributed by atoms with Gasteiger partial charge in [-0.3, -0.25) is 9.36 Å². The maximum absolute atomic E-state index is 13.8. The van der Waals surface area contributed by atoms with Crippen molar-refractivity contribution in [1.29, 1.82) is 0 Å². The van der Waals surface area contributed by atoms with Crippen molar-refractivity contribution in [2.45, 2.75) is 31.5 Å². The van der Waals surface area contributed by atoms with Gasteiger partial charge in [-0.15, -0.1) is 10.2 Å². The number of thioether (sulfide) groups is 1. The zero-order chi connectivity index (χ0) is 15.2. The van der Waals surface area contributed by atoms with Crippen LogP contribution in [0.3, 0.4) is 0 Å². The fraction of sp³-hybridized carbons (Fsp3) is 0.357. The number of aromatic nitrogens is 3. The predicted molar refractivity (Wildman–Crippen MR) is 79.9 cm³/mol. The number of para-hydroxylation sites is 1. The highest BCUT2D eigenvalue weighted by Crippen LogP contribution is 2.21. The van der Waals surface area contributed by atoms with Gasteiger partial charge in [-0.25, -0.2) is 4.39 Å². The lowest BCUT2D eigenvalue weighted by molar-refractivity contribution is -0.119. The number of nitrogens with one attached hydrogen (secondary N) is 1. The van der Waals surface area contributed by atoms with Crippen LogP contribution < -0.4 is 5.32 Å². The van der Waals surface area contributed by atoms with Crippen LogP contribution >= 0.6 is 11.8 Å². The van der Waals surface area contributed by atoms with Crippen molar-refractivity contribution in [3.8, 4) is 5.69 Å². The lowest BCUT2D eigenvalue weighted by atomic mass is 10.3. The molecule has 2 aromatic rings. The third-order valence-electron chi connectivity index (χ3n) is 2.98. The maximum atomic E-state index is 13.8. The van der Waals surface area contributed by atoms with Gasteiger partial charge in [0.15, 0.2) is 5.16 Å². The van der Waals surface area contributed by atoms with Crippen LogP contribution in [0.5, 0.6) is 0 Å². The van der Waals surface area contributed by atoms with Crippen LogP contribution in [-0.2, 0) is 4.79 Å². The standard InChI is InChI=1S/C14H17FN4OS/c1-3-10(2)17-13(20)8-21-14-18-16-9-19(14)12-7-5-4-6-11(12)15/h4-7,9-10H,3,8H2,1-2H3,(H,17,20)/t10-/m0/s1. The Labute approximate surface area is 127 Å². The average molecular weight is 308 g/mol. The van der Waals surface area contributed by atoms with Crippen molar-refractivity contribution in [1.82, 2.24) is 20.1 Å². The molecule has 0 saturated carbocycles. The van der Waals surface area contributed by atoms with Gasteiger partial charge in [-0.05, 0) is 25.5 Å². The van der Waals surface area contributed by atoms with Gasteiger partial charge in [0, 0.05) is 6.04 Å². The molecule has 1 aromatic heterocycles. The van der Waals surface area contributed by atoms with Gasteiger partial charge in [0.1, 0.15) is 12.1 Å². The van der Waals surface area contributed by atoms with Crippen LogP contribution in [-0.4, -0.2) is 32.5 Å². The first-order valence-corrected chi connectivity index (χ1v) is 7.67. The minimum absolute atomic E-state index is 0.0718. The van der Waals surface area contributed by atoms with Gasteiger partial charge < -0.3 is 5.32 Å². The maximum Gasteiger partial charge on any atom is 0.230 e. The number of hydrogen-bond acceptors (Lipinski definition) is 4. The number of amides is 1. The van der Waals surface area contributed by atoms with Crippen LogP contribution in [0.1, 0.15) is 20.3 Å². The molecule has 1 heterocycles. The highest BCUT2D eigenvalue weighted by atomic mass is 32.2. The van der Waals surface area contributed by atoms with E-state index in [1.54, 1.807) is 18.2 Å². The zero-order valence-corrected chi connectivity index (χ0v) is 12.7. The second-order valence-electron chi connectivity index (χ2n) is 4.60. The largest absolute Gasteiger partial charge is 0.353 e. The minimum Gasteiger partial charge on any atom is -0.353 e. The van der Waals surface area contributed by atoms with Crippen molar-refractivity contribution in [2.24, 2.45) is 0 Å². The van der Waals surface area contributed by atoms with E-state index in [0.29, 0.717) is 10.8 Å². The molecule has 1 N–H and O–H groups in total. The topological polar surface area (TPSA) is 59.8 Å². The van der Waals surface area contributed by atoms with Gasteiger partial charge in [-0.1, -0.05) is 30.8 Å². The van der Waals surface area contributed by atoms with Gasteiger partial charge in [-0.2, -0.15) is 0 Å². The van der Waals surface area contributed by atoms with Gasteiger partial charge in [0.05, 0.1) is 11.4 Å². The van der Waals surface area contributed by atoms with Crippen LogP contribution in [0.4, 0.5) is 4.39 Å². The molecule has 21 heavy (non-hydrogen) atoms. The molecule has 112 valence electrons. The molecule has 0 radical (unpaired) electrons. The summed E-state index contributed by atoms with van der Waals surface area (Å²) < 4.78 is 15.3. The molecule has 1 atom stereocenters. The first kappa shape index (κ1) is 15.5. The Morgan fingerprint density at radius 2 is 2.24 bits per heavy atom. The zero-order valence-electron chi connectivity index (χ0n) is 11.9. The Balaban J connectivity index is 2.05. The Bertz CT molecular complexity index is 617. The molecule has 0 aliphatic carbocycles. The van der Waals surface area contributed by atoms with Gasteiger partial charge in [0.2, 0.25) is 5.91 Å². The summed E-state index contributed by atoms with van der Waals surface area (Å²) in [5.41, 5.74) is 0.368. The molecule has 1 amide bonds. The van der Waals surface area contributed by atoms with E-state index in [2.05, 4.69) is 15.5 Å². The first-order chi connectivity index (χ1) is 10.1. The quantitative estimate of drug-likeness (QED) is 0.833. The second kappa shape index (κ2) is 7.21. The summed E-state index contributed by atoms with van der Waals surface area (Å²) in [6.45, 7) is 3.96. The Hall–Kier alpha value is -1.89. The van der Waals surface area contributed by atoms with Crippen LogP contribution in [0.25, 0.3) is 5.69 Å². The minimum atomic E-state index is -0.358. The fourth-order valence-corrected chi connectivity index (χ4v) is 2.42. The Morgan fingerprint density at radius 1 is 1.48 bits per heavy atom. The summed E-state index contributed by atoms with van der Waals surface area (Å²) in [5, 5.41) is 11.1. The second-order valence-corrected chi connectivity index (χ2v) is 5.54. The fourth-order valence-electron chi connectivity index (χ4n) is 1.68. The highest BCUT2D eigenvalue weighted by Gasteiger charge is 2.13. The van der Waals surface area contributed by atoms with Crippen molar-refractivity contribution >= 4 is 17.7 Å². The van der Waals surface area contributed by atoms with Gasteiger partial charge in [0.25, 0.3) is 0 Å². The van der Waals surface area contributed by atoms with Gasteiger partial charge >= 0.3 is 0 Å². The van der Waals surface area contributed by atoms with E-state index in [0.717, 1.165) is 6.42 Å². The van der Waals surface area contributed by atoms with Crippen molar-refractivity contribution in [3.63, 3.8) is 0 Å². The first-order valence-electron chi connectivity index (χ1n) is 6.69. The van der Waals surface area contributed by atoms with Crippen LogP contribution in [0.2, 0.25) is 0 Å². The van der Waals surface area contributed by atoms with E-state index in [1.807, 2.05) is 13.8 Å². The van der Waals surface area contributed by atoms with Crippen molar-refractivity contribution < 1.29 is 9.18 Å². The summed E-state index contributed by atoms with van der Waals surface area (Å²) in [6.07, 6.45) is 2.31. The summed E-state index contributed by atoms with van der Waals surface area (Å²) >= 11 is 1.23. The number of hydrogen-bond donors (Lipinski definition) is 1. The molecule has 0 spiro atoms.